The van der Waals surface area contributed by atoms with Gasteiger partial charge < -0.3 is 64.0 Å². The van der Waals surface area contributed by atoms with Crippen LogP contribution in [-0.2, 0) is 57.1 Å². The van der Waals surface area contributed by atoms with Crippen LogP contribution >= 0.6 is 0 Å². The van der Waals surface area contributed by atoms with E-state index in [1.54, 1.807) is 55.5 Å². The van der Waals surface area contributed by atoms with Gasteiger partial charge in [0.25, 0.3) is 0 Å². The van der Waals surface area contributed by atoms with Crippen molar-refractivity contribution in [3.8, 4) is 0 Å². The van der Waals surface area contributed by atoms with Crippen molar-refractivity contribution >= 4 is 35.6 Å². The summed E-state index contributed by atoms with van der Waals surface area (Å²) in [6, 6.07) is 14.7. The van der Waals surface area contributed by atoms with E-state index in [1.807, 2.05) is 0 Å². The molecule has 2 bridgehead atoms. The third-order valence-corrected chi connectivity index (χ3v) is 14.7. The number of nitrogens with one attached hydrogen (secondary N) is 1. The van der Waals surface area contributed by atoms with Gasteiger partial charge in [0, 0.05) is 38.5 Å². The van der Waals surface area contributed by atoms with E-state index >= 15 is 4.79 Å². The minimum Gasteiger partial charge on any atom is -0.456 e. The number of hydrogen-bond donors (Lipinski definition) is 6. The second kappa shape index (κ2) is 19.3. The third kappa shape index (κ3) is 8.76. The zero-order valence-electron chi connectivity index (χ0n) is 39.0. The first kappa shape index (κ1) is 50.7. The molecule has 2 aromatic carbocycles. The van der Waals surface area contributed by atoms with Gasteiger partial charge in [-0.05, 0) is 49.1 Å². The Balaban J connectivity index is 1.44. The third-order valence-electron chi connectivity index (χ3n) is 14.7. The minimum atomic E-state index is -2.49. The first-order valence-corrected chi connectivity index (χ1v) is 22.8. The van der Waals surface area contributed by atoms with Crippen LogP contribution in [0.15, 0.2) is 71.8 Å². The lowest BCUT2D eigenvalue weighted by molar-refractivity contribution is -0.366. The van der Waals surface area contributed by atoms with E-state index in [0.717, 1.165) is 13.8 Å². The minimum absolute atomic E-state index is 0.0190. The molecule has 19 nitrogen and oxygen atoms in total. The molecule has 1 amide bonds. The Hall–Kier alpha value is -5.12. The van der Waals surface area contributed by atoms with E-state index in [-0.39, 0.29) is 29.6 Å². The smallest absolute Gasteiger partial charge is 0.338 e. The average Bonchev–Trinajstić information content (AvgIpc) is 3.28. The van der Waals surface area contributed by atoms with Gasteiger partial charge in [-0.2, -0.15) is 0 Å². The SMILES string of the molecule is CCCC(=O)N[C@@H](c1ccccc1)[C@@H](O)C(=O)O[C@H]1C[C@@]2(O)[C@H](OC(=O)c3ccccc3)[C@@H]3[C@]4(OC(C)=O)CO[C@H]4C[C@H](O[C@@H]4OC[C@H](O)[C@H](O)[C@H]4O)[C@@]3(C)C(=O)[C@H](OC(C)=O)C(=C1C)C2(C)C. The standard InChI is InChI=1S/C49H61NO18/c1-8-15-33(54)50-35(27-16-11-9-12-17-27)37(56)44(60)65-30-21-49(61)42(67-43(59)28-18-13-10-14-19-28)40-47(7,41(58)39(64-25(3)51)34(24(30)2)46(49,5)6)31(20-32-48(40,23-63-32)68-26(4)52)66-45-38(57)36(55)29(53)22-62-45/h9-14,16-19,29-32,35-40,42,45,53,55-57,61H,8,15,20-23H2,1-7H3,(H,50,54)/t29-,30-,31-,32-,35-,36-,37+,38+,39+,40-,42+,45-,47+,48-,49+/m0/s1. The Morgan fingerprint density at radius 3 is 2.12 bits per heavy atom. The highest BCUT2D eigenvalue weighted by molar-refractivity contribution is 5.95. The molecule has 2 aliphatic heterocycles. The Labute approximate surface area is 393 Å². The van der Waals surface area contributed by atoms with Crippen LogP contribution in [0.1, 0.15) is 96.1 Å². The number of carbonyl (C=O) groups excluding carboxylic acids is 6. The summed E-state index contributed by atoms with van der Waals surface area (Å²) in [4.78, 5) is 84.6. The van der Waals surface area contributed by atoms with Crippen molar-refractivity contribution < 1.29 is 87.5 Å². The molecule has 5 aliphatic rings. The summed E-state index contributed by atoms with van der Waals surface area (Å²) in [5, 5.41) is 60.5. The van der Waals surface area contributed by atoms with E-state index in [4.69, 9.17) is 33.2 Å². The van der Waals surface area contributed by atoms with Crippen LogP contribution in [0, 0.1) is 16.7 Å². The van der Waals surface area contributed by atoms with Gasteiger partial charge in [-0.3, -0.25) is 19.2 Å². The molecular formula is C49H61NO18. The summed E-state index contributed by atoms with van der Waals surface area (Å²) in [5.74, 6) is -7.06. The molecule has 2 saturated carbocycles. The van der Waals surface area contributed by atoms with E-state index in [1.165, 1.54) is 39.8 Å². The number of ether oxygens (including phenoxy) is 7. The number of Topliss-reactive ketones (excluding diaryl/α,β-unsaturated/α-hetero) is 1. The molecule has 4 fully saturated rings. The Morgan fingerprint density at radius 2 is 1.53 bits per heavy atom. The van der Waals surface area contributed by atoms with Gasteiger partial charge in [0.15, 0.2) is 29.9 Å². The van der Waals surface area contributed by atoms with Gasteiger partial charge in [-0.25, -0.2) is 9.59 Å². The molecule has 3 aliphatic carbocycles. The first-order valence-electron chi connectivity index (χ1n) is 22.8. The number of fused-ring (bicyclic) bond motifs is 5. The van der Waals surface area contributed by atoms with Crippen LogP contribution in [0.5, 0.6) is 0 Å². The quantitative estimate of drug-likeness (QED) is 0.0947. The number of aliphatic hydroxyl groups is 5. The number of esters is 4. The first-order chi connectivity index (χ1) is 32.0. The number of amides is 1. The summed E-state index contributed by atoms with van der Waals surface area (Å²) in [6.45, 7) is 9.06. The van der Waals surface area contributed by atoms with Gasteiger partial charge in [-0.15, -0.1) is 0 Å². The number of carbonyl (C=O) groups is 6. The van der Waals surface area contributed by atoms with Crippen molar-refractivity contribution in [2.45, 2.75) is 153 Å². The summed E-state index contributed by atoms with van der Waals surface area (Å²) in [7, 11) is 0. The molecule has 0 spiro atoms. The Kier molecular flexibility index (Phi) is 14.4. The molecule has 0 unspecified atom stereocenters. The van der Waals surface area contributed by atoms with Crippen molar-refractivity contribution in [2.75, 3.05) is 13.2 Å². The van der Waals surface area contributed by atoms with Crippen molar-refractivity contribution in [1.29, 1.82) is 0 Å². The van der Waals surface area contributed by atoms with Crippen LogP contribution in [0.25, 0.3) is 0 Å². The highest BCUT2D eigenvalue weighted by Crippen LogP contribution is 2.65. The number of rotatable bonds is 13. The summed E-state index contributed by atoms with van der Waals surface area (Å²) >= 11 is 0. The molecule has 0 radical (unpaired) electrons. The zero-order valence-corrected chi connectivity index (χ0v) is 39.0. The number of hydrogen-bond acceptors (Lipinski definition) is 18. The maximum Gasteiger partial charge on any atom is 0.338 e. The molecule has 15 atom stereocenters. The van der Waals surface area contributed by atoms with Crippen molar-refractivity contribution in [3.63, 3.8) is 0 Å². The van der Waals surface area contributed by atoms with Crippen LogP contribution in [0.2, 0.25) is 0 Å². The topological polar surface area (TPSA) is 280 Å². The highest BCUT2D eigenvalue weighted by Gasteiger charge is 2.79. The monoisotopic (exact) mass is 951 g/mol. The Morgan fingerprint density at radius 1 is 0.882 bits per heavy atom. The highest BCUT2D eigenvalue weighted by atomic mass is 16.7. The second-order valence-corrected chi connectivity index (χ2v) is 19.2. The largest absolute Gasteiger partial charge is 0.456 e. The Bertz CT molecular complexity index is 2290. The second-order valence-electron chi connectivity index (χ2n) is 19.2. The molecule has 2 saturated heterocycles. The molecule has 19 heteroatoms. The van der Waals surface area contributed by atoms with Crippen LogP contribution < -0.4 is 5.32 Å². The van der Waals surface area contributed by atoms with Gasteiger partial charge in [-0.1, -0.05) is 69.3 Å². The molecule has 2 heterocycles. The van der Waals surface area contributed by atoms with E-state index < -0.39 is 150 Å². The maximum absolute atomic E-state index is 16.1. The van der Waals surface area contributed by atoms with E-state index in [0.29, 0.717) is 12.0 Å². The molecule has 6 N–H and O–H groups in total. The molecule has 2 aromatic rings. The molecule has 370 valence electrons. The fourth-order valence-corrected chi connectivity index (χ4v) is 11.1. The van der Waals surface area contributed by atoms with Crippen LogP contribution in [0.4, 0.5) is 0 Å². The fourth-order valence-electron chi connectivity index (χ4n) is 11.1. The lowest BCUT2D eigenvalue weighted by atomic mass is 9.44. The lowest BCUT2D eigenvalue weighted by Gasteiger charge is -2.68. The van der Waals surface area contributed by atoms with Crippen molar-refractivity contribution in [3.05, 3.63) is 82.9 Å². The van der Waals surface area contributed by atoms with Crippen LogP contribution in [0.3, 0.4) is 0 Å². The summed E-state index contributed by atoms with van der Waals surface area (Å²) in [6.07, 6.45) is -17.2. The molecule has 68 heavy (non-hydrogen) atoms. The van der Waals surface area contributed by atoms with Crippen LogP contribution in [-0.4, -0.2) is 147 Å². The van der Waals surface area contributed by atoms with Crippen molar-refractivity contribution in [2.24, 2.45) is 16.7 Å². The number of benzene rings is 2. The van der Waals surface area contributed by atoms with E-state index in [2.05, 4.69) is 5.32 Å². The normalized spacial score (nSPS) is 35.9. The molecule has 7 rings (SSSR count). The van der Waals surface area contributed by atoms with Gasteiger partial charge in [0.05, 0.1) is 42.3 Å². The maximum atomic E-state index is 16.1. The predicted octanol–water partition coefficient (Wildman–Crippen LogP) is 1.69. The summed E-state index contributed by atoms with van der Waals surface area (Å²) in [5.41, 5.74) is -7.85. The summed E-state index contributed by atoms with van der Waals surface area (Å²) < 4.78 is 43.0. The fraction of sp³-hybridized carbons (Fsp3) is 0.592. The zero-order chi connectivity index (χ0) is 49.7. The number of aliphatic hydroxyl groups excluding tert-OH is 4. The van der Waals surface area contributed by atoms with Gasteiger partial charge in [0.1, 0.15) is 42.2 Å². The molecular weight excluding hydrogens is 891 g/mol. The average molecular weight is 952 g/mol. The lowest BCUT2D eigenvalue weighted by Crippen LogP contribution is -2.82. The van der Waals surface area contributed by atoms with Crippen molar-refractivity contribution in [1.82, 2.24) is 5.32 Å². The van der Waals surface area contributed by atoms with E-state index in [9.17, 15) is 49.5 Å². The number of ketones is 1. The molecule has 0 aromatic heterocycles. The van der Waals surface area contributed by atoms with Gasteiger partial charge in [0.2, 0.25) is 5.91 Å². The predicted molar refractivity (Wildman–Crippen MR) is 233 cm³/mol. The van der Waals surface area contributed by atoms with Gasteiger partial charge >= 0.3 is 23.9 Å².